The van der Waals surface area contributed by atoms with Crippen LogP contribution in [0.25, 0.3) is 10.8 Å². The zero-order chi connectivity index (χ0) is 17.1. The van der Waals surface area contributed by atoms with E-state index in [-0.39, 0.29) is 5.56 Å². The molecule has 0 spiro atoms. The summed E-state index contributed by atoms with van der Waals surface area (Å²) in [6, 6.07) is 15.5. The first-order chi connectivity index (χ1) is 11.5. The lowest BCUT2D eigenvalue weighted by atomic mass is 10.1. The van der Waals surface area contributed by atoms with E-state index in [9.17, 15) is 9.59 Å². The fourth-order valence-corrected chi connectivity index (χ4v) is 2.63. The lowest BCUT2D eigenvalue weighted by Gasteiger charge is -2.14. The number of nitrogens with zero attached hydrogens (tertiary/aromatic N) is 1. The molecule has 0 aliphatic carbocycles. The van der Waals surface area contributed by atoms with E-state index in [1.165, 1.54) is 6.20 Å². The summed E-state index contributed by atoms with van der Waals surface area (Å²) in [6.07, 6.45) is 1.90. The number of carbonyl (C=O) groups excluding carboxylic acids is 1. The number of carbonyl (C=O) groups is 1. The summed E-state index contributed by atoms with van der Waals surface area (Å²) in [6.45, 7) is 0. The van der Waals surface area contributed by atoms with Gasteiger partial charge in [0, 0.05) is 11.2 Å². The Morgan fingerprint density at radius 1 is 1.17 bits per heavy atom. The normalized spacial score (nSPS) is 12.1. The van der Waals surface area contributed by atoms with Crippen molar-refractivity contribution in [1.29, 1.82) is 0 Å². The van der Waals surface area contributed by atoms with Gasteiger partial charge in [-0.2, -0.15) is 0 Å². The van der Waals surface area contributed by atoms with Crippen molar-refractivity contribution in [1.82, 2.24) is 4.68 Å². The lowest BCUT2D eigenvalue weighted by molar-refractivity contribution is -0.118. The van der Waals surface area contributed by atoms with Crippen molar-refractivity contribution in [2.24, 2.45) is 5.73 Å². The molecule has 3 aromatic rings. The minimum absolute atomic E-state index is 0.352. The van der Waals surface area contributed by atoms with Crippen molar-refractivity contribution in [2.45, 2.75) is 12.5 Å². The molecule has 3 rings (SSSR count). The second-order valence-corrected chi connectivity index (χ2v) is 5.93. The molecule has 122 valence electrons. The van der Waals surface area contributed by atoms with Gasteiger partial charge in [0.1, 0.15) is 0 Å². The summed E-state index contributed by atoms with van der Waals surface area (Å²) < 4.78 is 1.13. The third-order valence-electron chi connectivity index (χ3n) is 3.73. The van der Waals surface area contributed by atoms with Crippen LogP contribution in [0.4, 0.5) is 0 Å². The van der Waals surface area contributed by atoms with Crippen LogP contribution >= 0.6 is 11.6 Å². The van der Waals surface area contributed by atoms with Crippen LogP contribution in [-0.2, 0) is 11.2 Å². The molecule has 24 heavy (non-hydrogen) atoms. The number of hydrogen-bond donors (Lipinski definition) is 2. The number of aromatic nitrogens is 1. The molecule has 0 bridgehead atoms. The minimum atomic E-state index is -0.755. The smallest absolute Gasteiger partial charge is 0.277 e. The average molecular weight is 342 g/mol. The summed E-state index contributed by atoms with van der Waals surface area (Å²) in [4.78, 5) is 24.7. The van der Waals surface area contributed by atoms with Crippen LogP contribution < -0.4 is 16.7 Å². The largest absolute Gasteiger partial charge is 0.320 e. The molecule has 0 radical (unpaired) electrons. The molecular formula is C18H16ClN3O2. The number of fused-ring (bicyclic) bond motifs is 1. The number of hydrogen-bond acceptors (Lipinski definition) is 3. The van der Waals surface area contributed by atoms with Crippen molar-refractivity contribution < 1.29 is 4.79 Å². The summed E-state index contributed by atoms with van der Waals surface area (Å²) >= 11 is 5.93. The summed E-state index contributed by atoms with van der Waals surface area (Å²) in [7, 11) is 0. The predicted octanol–water partition coefficient (Wildman–Crippen LogP) is 2.30. The quantitative estimate of drug-likeness (QED) is 0.764. The van der Waals surface area contributed by atoms with Gasteiger partial charge >= 0.3 is 0 Å². The molecule has 3 N–H and O–H groups in total. The van der Waals surface area contributed by atoms with E-state index < -0.39 is 11.9 Å². The second kappa shape index (κ2) is 6.86. The highest BCUT2D eigenvalue weighted by Crippen LogP contribution is 2.15. The predicted molar refractivity (Wildman–Crippen MR) is 95.7 cm³/mol. The zero-order valence-electron chi connectivity index (χ0n) is 12.8. The van der Waals surface area contributed by atoms with E-state index in [1.54, 1.807) is 24.3 Å². The maximum absolute atomic E-state index is 12.4. The number of nitrogens with two attached hydrogens (primary N) is 1. The number of nitrogens with one attached hydrogen (secondary N) is 1. The van der Waals surface area contributed by atoms with Crippen LogP contribution in [0.5, 0.6) is 0 Å². The molecule has 0 aliphatic rings. The monoisotopic (exact) mass is 341 g/mol. The van der Waals surface area contributed by atoms with E-state index in [1.807, 2.05) is 30.3 Å². The summed E-state index contributed by atoms with van der Waals surface area (Å²) in [5, 5.41) is 1.65. The van der Waals surface area contributed by atoms with Gasteiger partial charge in [-0.1, -0.05) is 48.0 Å². The molecule has 0 saturated carbocycles. The van der Waals surface area contributed by atoms with Crippen LogP contribution in [0.2, 0.25) is 5.02 Å². The number of rotatable bonds is 4. The van der Waals surface area contributed by atoms with E-state index in [0.29, 0.717) is 16.8 Å². The number of pyridine rings is 1. The summed E-state index contributed by atoms with van der Waals surface area (Å²) in [5.74, 6) is -0.428. The first-order valence-corrected chi connectivity index (χ1v) is 7.84. The highest BCUT2D eigenvalue weighted by Gasteiger charge is 2.15. The van der Waals surface area contributed by atoms with Crippen LogP contribution in [0.3, 0.4) is 0 Å². The highest BCUT2D eigenvalue weighted by atomic mass is 35.5. The molecule has 6 heteroatoms. The van der Waals surface area contributed by atoms with Gasteiger partial charge in [-0.05, 0) is 35.6 Å². The maximum atomic E-state index is 12.4. The van der Waals surface area contributed by atoms with Crippen LogP contribution in [0.1, 0.15) is 5.56 Å². The highest BCUT2D eigenvalue weighted by molar-refractivity contribution is 6.31. The molecule has 0 fully saturated rings. The number of halogens is 1. The Labute approximate surface area is 143 Å². The van der Waals surface area contributed by atoms with Crippen LogP contribution in [0, 0.1) is 0 Å². The van der Waals surface area contributed by atoms with Gasteiger partial charge < -0.3 is 5.73 Å². The van der Waals surface area contributed by atoms with Crippen molar-refractivity contribution in [3.63, 3.8) is 0 Å². The Hall–Kier alpha value is -2.63. The Bertz CT molecular complexity index is 938. The SMILES string of the molecule is N[C@H](Cc1ccccc1)C(=O)Nn1ccc2ccc(Cl)cc2c1=O. The Balaban J connectivity index is 1.80. The standard InChI is InChI=1S/C18H16ClN3O2/c19-14-7-6-13-8-9-22(18(24)15(13)11-14)21-17(23)16(20)10-12-4-2-1-3-5-12/h1-9,11,16H,10,20H2,(H,21,23)/t16-/m1/s1. The zero-order valence-corrected chi connectivity index (χ0v) is 13.5. The van der Waals surface area contributed by atoms with E-state index in [0.717, 1.165) is 15.6 Å². The van der Waals surface area contributed by atoms with E-state index in [2.05, 4.69) is 5.43 Å². The Morgan fingerprint density at radius 3 is 2.67 bits per heavy atom. The molecule has 0 unspecified atom stereocenters. The molecule has 2 aromatic carbocycles. The molecule has 0 aliphatic heterocycles. The second-order valence-electron chi connectivity index (χ2n) is 5.49. The third kappa shape index (κ3) is 3.48. The van der Waals surface area contributed by atoms with Gasteiger partial charge in [-0.25, -0.2) is 4.68 Å². The van der Waals surface area contributed by atoms with Crippen molar-refractivity contribution >= 4 is 28.3 Å². The first-order valence-electron chi connectivity index (χ1n) is 7.46. The van der Waals surface area contributed by atoms with Gasteiger partial charge in [-0.3, -0.25) is 15.0 Å². The summed E-state index contributed by atoms with van der Waals surface area (Å²) in [5.41, 5.74) is 9.08. The third-order valence-corrected chi connectivity index (χ3v) is 3.97. The molecule has 0 saturated heterocycles. The minimum Gasteiger partial charge on any atom is -0.320 e. The molecule has 1 atom stereocenters. The molecule has 1 heterocycles. The molecule has 1 amide bonds. The van der Waals surface area contributed by atoms with E-state index in [4.69, 9.17) is 17.3 Å². The number of benzene rings is 2. The molecule has 1 aromatic heterocycles. The van der Waals surface area contributed by atoms with Gasteiger partial charge in [0.15, 0.2) is 0 Å². The van der Waals surface area contributed by atoms with Crippen LogP contribution in [0.15, 0.2) is 65.6 Å². The molecule has 5 nitrogen and oxygen atoms in total. The number of amides is 1. The van der Waals surface area contributed by atoms with Crippen LogP contribution in [-0.4, -0.2) is 16.6 Å². The maximum Gasteiger partial charge on any atom is 0.277 e. The average Bonchev–Trinajstić information content (AvgIpc) is 2.58. The molecular weight excluding hydrogens is 326 g/mol. The van der Waals surface area contributed by atoms with E-state index >= 15 is 0 Å². The van der Waals surface area contributed by atoms with Crippen molar-refractivity contribution in [2.75, 3.05) is 5.43 Å². The van der Waals surface area contributed by atoms with Gasteiger partial charge in [0.25, 0.3) is 11.5 Å². The fourth-order valence-electron chi connectivity index (χ4n) is 2.46. The van der Waals surface area contributed by atoms with Gasteiger partial charge in [0.05, 0.1) is 11.4 Å². The van der Waals surface area contributed by atoms with Gasteiger partial charge in [0.2, 0.25) is 0 Å². The van der Waals surface area contributed by atoms with Crippen molar-refractivity contribution in [3.8, 4) is 0 Å². The van der Waals surface area contributed by atoms with Gasteiger partial charge in [-0.15, -0.1) is 0 Å². The first kappa shape index (κ1) is 16.2. The lowest BCUT2D eigenvalue weighted by Crippen LogP contribution is -2.43. The van der Waals surface area contributed by atoms with Crippen molar-refractivity contribution in [3.05, 3.63) is 81.7 Å². The topological polar surface area (TPSA) is 77.1 Å². The Kier molecular flexibility index (Phi) is 4.64. The fraction of sp³-hybridized carbons (Fsp3) is 0.111. The Morgan fingerprint density at radius 2 is 1.92 bits per heavy atom.